The van der Waals surface area contributed by atoms with E-state index in [2.05, 4.69) is 0 Å². The summed E-state index contributed by atoms with van der Waals surface area (Å²) >= 11 is 0. The van der Waals surface area contributed by atoms with Gasteiger partial charge in [0.1, 0.15) is 12.4 Å². The number of fused-ring (bicyclic) bond motifs is 1. The van der Waals surface area contributed by atoms with Crippen molar-refractivity contribution >= 4 is 23.1 Å². The smallest absolute Gasteiger partial charge is 0.196 e. The Bertz CT molecular complexity index is 989. The number of aliphatic hydroxyl groups excluding tert-OH is 1. The molecule has 0 bridgehead atoms. The number of Topliss-reactive ketones (excluding diaryl/α,β-unsaturated/α-hetero) is 4. The normalized spacial score (nSPS) is 16.7. The van der Waals surface area contributed by atoms with Crippen molar-refractivity contribution in [3.63, 3.8) is 0 Å². The van der Waals surface area contributed by atoms with Crippen LogP contribution in [0.1, 0.15) is 38.0 Å². The molecule has 1 unspecified atom stereocenters. The van der Waals surface area contributed by atoms with Crippen molar-refractivity contribution in [2.24, 2.45) is 11.1 Å². The molecule has 0 radical (unpaired) electrons. The molecule has 0 aliphatic heterocycles. The predicted molar refractivity (Wildman–Crippen MR) is 106 cm³/mol. The van der Waals surface area contributed by atoms with Gasteiger partial charge in [-0.25, -0.2) is 0 Å². The first-order valence-corrected chi connectivity index (χ1v) is 9.26. The van der Waals surface area contributed by atoms with Crippen molar-refractivity contribution in [3.05, 3.63) is 65.2 Å². The lowest BCUT2D eigenvalue weighted by Crippen LogP contribution is -2.63. The molecule has 8 nitrogen and oxygen atoms in total. The molecular formula is C22H21NO7. The highest BCUT2D eigenvalue weighted by Crippen LogP contribution is 2.46. The van der Waals surface area contributed by atoms with E-state index in [0.717, 1.165) is 6.92 Å². The fraction of sp³-hybridized carbons (Fsp3) is 0.273. The van der Waals surface area contributed by atoms with Crippen molar-refractivity contribution in [2.45, 2.75) is 12.5 Å². The summed E-state index contributed by atoms with van der Waals surface area (Å²) in [5.41, 5.74) is 0.0460. The van der Waals surface area contributed by atoms with E-state index in [1.54, 1.807) is 0 Å². The second kappa shape index (κ2) is 7.91. The number of hydrogen-bond acceptors (Lipinski definition) is 8. The van der Waals surface area contributed by atoms with Gasteiger partial charge in [0.05, 0.1) is 13.2 Å². The van der Waals surface area contributed by atoms with Crippen LogP contribution in [-0.2, 0) is 4.79 Å². The molecule has 0 spiro atoms. The van der Waals surface area contributed by atoms with Crippen LogP contribution in [0.5, 0.6) is 5.75 Å². The Morgan fingerprint density at radius 1 is 1.03 bits per heavy atom. The molecule has 2 aromatic rings. The summed E-state index contributed by atoms with van der Waals surface area (Å²) in [7, 11) is 0. The molecule has 0 saturated carbocycles. The summed E-state index contributed by atoms with van der Waals surface area (Å²) in [5, 5.41) is 20.1. The molecule has 0 heterocycles. The maximum atomic E-state index is 13.2. The van der Waals surface area contributed by atoms with E-state index in [4.69, 9.17) is 15.6 Å². The van der Waals surface area contributed by atoms with Crippen molar-refractivity contribution < 1.29 is 34.1 Å². The highest BCUT2D eigenvalue weighted by Gasteiger charge is 2.69. The SMILES string of the molecule is CC(O)(C(=O)c1ccc(OCCO)cc1)C1(C(=O)CN)C(=O)c2ccccc2C1=O. The summed E-state index contributed by atoms with van der Waals surface area (Å²) in [6.45, 7) is 0.147. The minimum atomic E-state index is -2.68. The van der Waals surface area contributed by atoms with Gasteiger partial charge in [-0.15, -0.1) is 0 Å². The molecule has 8 heteroatoms. The molecule has 3 rings (SSSR count). The number of aliphatic hydroxyl groups is 2. The summed E-state index contributed by atoms with van der Waals surface area (Å²) < 4.78 is 5.22. The monoisotopic (exact) mass is 411 g/mol. The molecule has 0 saturated heterocycles. The lowest BCUT2D eigenvalue weighted by molar-refractivity contribution is -0.130. The largest absolute Gasteiger partial charge is 0.491 e. The summed E-state index contributed by atoms with van der Waals surface area (Å²) in [4.78, 5) is 52.5. The molecule has 156 valence electrons. The van der Waals surface area contributed by atoms with Crippen LogP contribution in [0.15, 0.2) is 48.5 Å². The van der Waals surface area contributed by atoms with Crippen molar-refractivity contribution in [1.29, 1.82) is 0 Å². The molecule has 0 fully saturated rings. The van der Waals surface area contributed by atoms with Crippen LogP contribution in [-0.4, -0.2) is 58.7 Å². The number of rotatable bonds is 8. The van der Waals surface area contributed by atoms with Gasteiger partial charge in [-0.2, -0.15) is 0 Å². The van der Waals surface area contributed by atoms with E-state index in [1.165, 1.54) is 48.5 Å². The Balaban J connectivity index is 2.09. The third kappa shape index (κ3) is 2.97. The first kappa shape index (κ1) is 21.5. The second-order valence-corrected chi connectivity index (χ2v) is 7.08. The zero-order valence-electron chi connectivity index (χ0n) is 16.3. The van der Waals surface area contributed by atoms with Gasteiger partial charge in [0, 0.05) is 16.7 Å². The minimum Gasteiger partial charge on any atom is -0.491 e. The number of ether oxygens (including phenoxy) is 1. The first-order chi connectivity index (χ1) is 14.2. The van der Waals surface area contributed by atoms with Gasteiger partial charge in [-0.1, -0.05) is 24.3 Å². The van der Waals surface area contributed by atoms with E-state index >= 15 is 0 Å². The fourth-order valence-corrected chi connectivity index (χ4v) is 3.82. The average Bonchev–Trinajstić information content (AvgIpc) is 3.00. The third-order valence-electron chi connectivity index (χ3n) is 5.35. The van der Waals surface area contributed by atoms with Crippen molar-refractivity contribution in [1.82, 2.24) is 0 Å². The topological polar surface area (TPSA) is 144 Å². The maximum absolute atomic E-state index is 13.2. The molecule has 1 aliphatic carbocycles. The zero-order valence-corrected chi connectivity index (χ0v) is 16.3. The van der Waals surface area contributed by atoms with E-state index in [-0.39, 0.29) is 29.9 Å². The summed E-state index contributed by atoms with van der Waals surface area (Å²) in [6, 6.07) is 11.3. The van der Waals surface area contributed by atoms with Gasteiger partial charge < -0.3 is 20.7 Å². The maximum Gasteiger partial charge on any atom is 0.196 e. The molecule has 2 aromatic carbocycles. The minimum absolute atomic E-state index is 0.0305. The Kier molecular flexibility index (Phi) is 5.67. The standard InChI is InChI=1S/C22H21NO7/c1-21(29,18(26)13-6-8-14(9-7-13)30-11-10-24)22(17(25)12-23)19(27)15-4-2-3-5-16(15)20(22)28/h2-9,24,29H,10-12,23H2,1H3. The van der Waals surface area contributed by atoms with Crippen molar-refractivity contribution in [2.75, 3.05) is 19.8 Å². The van der Waals surface area contributed by atoms with Crippen LogP contribution in [0.3, 0.4) is 0 Å². The number of hydrogen-bond donors (Lipinski definition) is 3. The van der Waals surface area contributed by atoms with Gasteiger partial charge in [0.2, 0.25) is 0 Å². The van der Waals surface area contributed by atoms with Crippen LogP contribution >= 0.6 is 0 Å². The Hall–Kier alpha value is -3.20. The van der Waals surface area contributed by atoms with Crippen LogP contribution < -0.4 is 10.5 Å². The van der Waals surface area contributed by atoms with Crippen LogP contribution in [0.25, 0.3) is 0 Å². The van der Waals surface area contributed by atoms with Gasteiger partial charge in [0.25, 0.3) is 0 Å². The van der Waals surface area contributed by atoms with Gasteiger partial charge in [0.15, 0.2) is 34.1 Å². The van der Waals surface area contributed by atoms with Gasteiger partial charge in [-0.3, -0.25) is 19.2 Å². The lowest BCUT2D eigenvalue weighted by Gasteiger charge is -2.37. The van der Waals surface area contributed by atoms with Crippen LogP contribution in [0, 0.1) is 5.41 Å². The fourth-order valence-electron chi connectivity index (χ4n) is 3.82. The van der Waals surface area contributed by atoms with Gasteiger partial charge >= 0.3 is 0 Å². The van der Waals surface area contributed by atoms with E-state index in [1.807, 2.05) is 0 Å². The molecule has 1 atom stereocenters. The number of benzene rings is 2. The van der Waals surface area contributed by atoms with Crippen LogP contribution in [0.2, 0.25) is 0 Å². The summed E-state index contributed by atoms with van der Waals surface area (Å²) in [6.07, 6.45) is 0. The van der Waals surface area contributed by atoms with Crippen molar-refractivity contribution in [3.8, 4) is 5.75 Å². The van der Waals surface area contributed by atoms with E-state index in [0.29, 0.717) is 5.75 Å². The number of nitrogens with two attached hydrogens (primary N) is 1. The number of ketones is 4. The number of carbonyl (C=O) groups excluding carboxylic acids is 4. The molecule has 0 amide bonds. The quantitative estimate of drug-likeness (QED) is 0.423. The highest BCUT2D eigenvalue weighted by molar-refractivity contribution is 6.42. The Morgan fingerprint density at radius 2 is 1.57 bits per heavy atom. The number of carbonyl (C=O) groups is 4. The molecule has 0 aromatic heterocycles. The van der Waals surface area contributed by atoms with Gasteiger partial charge in [-0.05, 0) is 31.2 Å². The summed E-state index contributed by atoms with van der Waals surface area (Å²) in [5.74, 6) is -3.53. The molecular weight excluding hydrogens is 390 g/mol. The first-order valence-electron chi connectivity index (χ1n) is 9.26. The zero-order chi connectivity index (χ0) is 22.1. The predicted octanol–water partition coefficient (Wildman–Crippen LogP) is 0.585. The molecule has 4 N–H and O–H groups in total. The lowest BCUT2D eigenvalue weighted by atomic mass is 9.63. The third-order valence-corrected chi connectivity index (χ3v) is 5.35. The molecule has 30 heavy (non-hydrogen) atoms. The van der Waals surface area contributed by atoms with E-state index < -0.39 is 40.7 Å². The Labute approximate surface area is 172 Å². The Morgan fingerprint density at radius 3 is 2.03 bits per heavy atom. The highest BCUT2D eigenvalue weighted by atomic mass is 16.5. The van der Waals surface area contributed by atoms with E-state index in [9.17, 15) is 24.3 Å². The molecule has 1 aliphatic rings. The average molecular weight is 411 g/mol. The second-order valence-electron chi connectivity index (χ2n) is 7.08. The van der Waals surface area contributed by atoms with Crippen LogP contribution in [0.4, 0.5) is 0 Å².